The molecule has 3 rings (SSSR count). The lowest BCUT2D eigenvalue weighted by Gasteiger charge is -2.08. The van der Waals surface area contributed by atoms with Crippen LogP contribution in [0.15, 0.2) is 54.9 Å². The van der Waals surface area contributed by atoms with Crippen LogP contribution in [-0.4, -0.2) is 23.6 Å². The average Bonchev–Trinajstić information content (AvgIpc) is 3.03. The van der Waals surface area contributed by atoms with Crippen molar-refractivity contribution in [3.8, 4) is 17.5 Å². The summed E-state index contributed by atoms with van der Waals surface area (Å²) in [5.41, 5.74) is 2.49. The van der Waals surface area contributed by atoms with E-state index in [1.165, 1.54) is 6.20 Å². The van der Waals surface area contributed by atoms with Crippen LogP contribution in [-0.2, 0) is 15.8 Å². The Hall–Kier alpha value is -3.18. The Kier molecular flexibility index (Phi) is 4.26. The molecule has 120 valence electrons. The lowest BCUT2D eigenvalue weighted by Crippen LogP contribution is -2.15. The highest BCUT2D eigenvalue weighted by molar-refractivity contribution is 7.91. The molecule has 0 aliphatic heterocycles. The van der Waals surface area contributed by atoms with E-state index < -0.39 is 10.0 Å². The Labute approximate surface area is 139 Å². The van der Waals surface area contributed by atoms with Crippen molar-refractivity contribution in [2.24, 2.45) is 0 Å². The third-order valence-corrected chi connectivity index (χ3v) is 4.51. The molecule has 0 aliphatic rings. The first kappa shape index (κ1) is 15.7. The highest BCUT2D eigenvalue weighted by atomic mass is 32.2. The van der Waals surface area contributed by atoms with Crippen molar-refractivity contribution in [3.05, 3.63) is 66.0 Å². The molecule has 0 amide bonds. The number of sulfonamides is 1. The molecule has 8 heteroatoms. The zero-order valence-electron chi connectivity index (χ0n) is 12.5. The predicted molar refractivity (Wildman–Crippen MR) is 89.2 cm³/mol. The highest BCUT2D eigenvalue weighted by Crippen LogP contribution is 2.24. The van der Waals surface area contributed by atoms with Gasteiger partial charge in [0.1, 0.15) is 5.69 Å². The van der Waals surface area contributed by atoms with E-state index in [2.05, 4.69) is 19.9 Å². The second-order valence-corrected chi connectivity index (χ2v) is 6.77. The zero-order valence-corrected chi connectivity index (χ0v) is 13.3. The van der Waals surface area contributed by atoms with Crippen molar-refractivity contribution in [2.75, 3.05) is 4.72 Å². The normalized spacial score (nSPS) is 11.0. The summed E-state index contributed by atoms with van der Waals surface area (Å²) < 4.78 is 27.3. The van der Waals surface area contributed by atoms with Gasteiger partial charge >= 0.3 is 0 Å². The van der Waals surface area contributed by atoms with Crippen LogP contribution in [0.1, 0.15) is 11.1 Å². The number of nitriles is 1. The first-order valence-electron chi connectivity index (χ1n) is 7.02. The number of nitrogens with zero attached hydrogens (tertiary/aromatic N) is 3. The molecule has 24 heavy (non-hydrogen) atoms. The molecule has 0 atom stereocenters. The molecule has 0 spiro atoms. The van der Waals surface area contributed by atoms with Gasteiger partial charge in [-0.25, -0.2) is 8.42 Å². The van der Waals surface area contributed by atoms with Crippen molar-refractivity contribution in [1.82, 2.24) is 15.2 Å². The van der Waals surface area contributed by atoms with Crippen LogP contribution < -0.4 is 4.72 Å². The molecule has 2 N–H and O–H groups in total. The molecule has 0 bridgehead atoms. The minimum atomic E-state index is -3.63. The Morgan fingerprint density at radius 2 is 1.96 bits per heavy atom. The quantitative estimate of drug-likeness (QED) is 0.740. The number of benzene rings is 1. The van der Waals surface area contributed by atoms with E-state index in [4.69, 9.17) is 5.26 Å². The minimum absolute atomic E-state index is 0.203. The van der Waals surface area contributed by atoms with Crippen molar-refractivity contribution < 1.29 is 8.42 Å². The number of aromatic nitrogens is 3. The Balaban J connectivity index is 1.80. The summed E-state index contributed by atoms with van der Waals surface area (Å²) in [5, 5.41) is 15.4. The molecule has 0 radical (unpaired) electrons. The van der Waals surface area contributed by atoms with E-state index in [1.54, 1.807) is 48.7 Å². The van der Waals surface area contributed by atoms with Crippen LogP contribution in [0.3, 0.4) is 0 Å². The maximum atomic E-state index is 12.4. The summed E-state index contributed by atoms with van der Waals surface area (Å²) in [6.07, 6.45) is 3.02. The predicted octanol–water partition coefficient (Wildman–Crippen LogP) is 2.29. The molecule has 0 saturated heterocycles. The summed E-state index contributed by atoms with van der Waals surface area (Å²) in [6, 6.07) is 13.7. The van der Waals surface area contributed by atoms with Gasteiger partial charge in [0.15, 0.2) is 0 Å². The SMILES string of the molecule is N#Cc1ccc(CS(=O)(=O)Nc2cn[nH]c2-c2ccccn2)cc1. The fourth-order valence-corrected chi connectivity index (χ4v) is 3.36. The van der Waals surface area contributed by atoms with Crippen LogP contribution in [0.4, 0.5) is 5.69 Å². The molecule has 0 aliphatic carbocycles. The number of hydrogen-bond donors (Lipinski definition) is 2. The number of pyridine rings is 1. The molecule has 2 aromatic heterocycles. The number of nitrogens with one attached hydrogen (secondary N) is 2. The van der Waals surface area contributed by atoms with Crippen LogP contribution >= 0.6 is 0 Å². The maximum absolute atomic E-state index is 12.4. The zero-order chi connectivity index (χ0) is 17.0. The van der Waals surface area contributed by atoms with Crippen molar-refractivity contribution in [3.63, 3.8) is 0 Å². The first-order valence-corrected chi connectivity index (χ1v) is 8.67. The summed E-state index contributed by atoms with van der Waals surface area (Å²) in [6.45, 7) is 0. The van der Waals surface area contributed by atoms with Crippen molar-refractivity contribution in [1.29, 1.82) is 5.26 Å². The van der Waals surface area contributed by atoms with Gasteiger partial charge in [-0.15, -0.1) is 0 Å². The topological polar surface area (TPSA) is 112 Å². The van der Waals surface area contributed by atoms with E-state index in [1.807, 2.05) is 6.07 Å². The van der Waals surface area contributed by atoms with E-state index in [0.29, 0.717) is 28.2 Å². The Morgan fingerprint density at radius 3 is 2.62 bits per heavy atom. The summed E-state index contributed by atoms with van der Waals surface area (Å²) >= 11 is 0. The van der Waals surface area contributed by atoms with Gasteiger partial charge in [0.2, 0.25) is 10.0 Å². The highest BCUT2D eigenvalue weighted by Gasteiger charge is 2.16. The number of aromatic amines is 1. The summed E-state index contributed by atoms with van der Waals surface area (Å²) in [4.78, 5) is 4.18. The fraction of sp³-hybridized carbons (Fsp3) is 0.0625. The number of hydrogen-bond acceptors (Lipinski definition) is 5. The Bertz CT molecular complexity index is 973. The fourth-order valence-electron chi connectivity index (χ4n) is 2.17. The first-order chi connectivity index (χ1) is 11.6. The molecule has 1 aromatic carbocycles. The summed E-state index contributed by atoms with van der Waals surface area (Å²) in [7, 11) is -3.63. The van der Waals surface area contributed by atoms with Gasteiger partial charge < -0.3 is 0 Å². The smallest absolute Gasteiger partial charge is 0.237 e. The van der Waals surface area contributed by atoms with Gasteiger partial charge in [0.05, 0.1) is 35.0 Å². The lowest BCUT2D eigenvalue weighted by molar-refractivity contribution is 0.600. The molecular formula is C16H13N5O2S. The number of rotatable bonds is 5. The Morgan fingerprint density at radius 1 is 1.17 bits per heavy atom. The summed E-state index contributed by atoms with van der Waals surface area (Å²) in [5.74, 6) is -0.203. The molecule has 0 saturated carbocycles. The minimum Gasteiger partial charge on any atom is -0.279 e. The molecule has 0 fully saturated rings. The molecular weight excluding hydrogens is 326 g/mol. The third kappa shape index (κ3) is 3.59. The molecule has 0 unspecified atom stereocenters. The van der Waals surface area contributed by atoms with Crippen LogP contribution in [0, 0.1) is 11.3 Å². The van der Waals surface area contributed by atoms with Crippen molar-refractivity contribution in [2.45, 2.75) is 5.75 Å². The van der Waals surface area contributed by atoms with E-state index in [-0.39, 0.29) is 5.75 Å². The second-order valence-electron chi connectivity index (χ2n) is 5.04. The van der Waals surface area contributed by atoms with Gasteiger partial charge in [-0.05, 0) is 29.8 Å². The largest absolute Gasteiger partial charge is 0.279 e. The molecule has 7 nitrogen and oxygen atoms in total. The van der Waals surface area contributed by atoms with Gasteiger partial charge in [-0.2, -0.15) is 10.4 Å². The standard InChI is InChI=1S/C16H13N5O2S/c17-9-12-4-6-13(7-5-12)11-24(22,23)21-15-10-19-20-16(15)14-3-1-2-8-18-14/h1-8,10,21H,11H2,(H,19,20). The van der Waals surface area contributed by atoms with Crippen molar-refractivity contribution >= 4 is 15.7 Å². The molecule has 2 heterocycles. The average molecular weight is 339 g/mol. The van der Waals surface area contributed by atoms with Gasteiger partial charge in [-0.1, -0.05) is 18.2 Å². The maximum Gasteiger partial charge on any atom is 0.237 e. The monoisotopic (exact) mass is 339 g/mol. The van der Waals surface area contributed by atoms with Crippen LogP contribution in [0.5, 0.6) is 0 Å². The third-order valence-electron chi connectivity index (χ3n) is 3.27. The lowest BCUT2D eigenvalue weighted by atomic mass is 10.2. The van der Waals surface area contributed by atoms with E-state index in [9.17, 15) is 8.42 Å². The van der Waals surface area contributed by atoms with Crippen LogP contribution in [0.25, 0.3) is 11.4 Å². The van der Waals surface area contributed by atoms with E-state index in [0.717, 1.165) is 0 Å². The van der Waals surface area contributed by atoms with E-state index >= 15 is 0 Å². The van der Waals surface area contributed by atoms with Crippen LogP contribution in [0.2, 0.25) is 0 Å². The van der Waals surface area contributed by atoms with Gasteiger partial charge in [0, 0.05) is 6.20 Å². The van der Waals surface area contributed by atoms with Gasteiger partial charge in [0.25, 0.3) is 0 Å². The number of anilines is 1. The molecule has 3 aromatic rings. The van der Waals surface area contributed by atoms with Gasteiger partial charge in [-0.3, -0.25) is 14.8 Å². The second kappa shape index (κ2) is 6.52. The number of H-pyrrole nitrogens is 1.